The minimum absolute atomic E-state index is 0.248. The van der Waals surface area contributed by atoms with Gasteiger partial charge in [-0.3, -0.25) is 0 Å². The molecule has 1 fully saturated rings. The predicted octanol–water partition coefficient (Wildman–Crippen LogP) is 1.89. The number of H-pyrrole nitrogens is 1. The quantitative estimate of drug-likeness (QED) is 0.692. The standard InChI is InChI=1S/C16H18BNO4/c1-16(2)11-21-17(22-16)14-9-8-13(18-14)15(19)20-10-12-6-4-3-5-7-12/h3-9,18H,10-11H2,1-2H3. The van der Waals surface area contributed by atoms with Gasteiger partial charge in [0.2, 0.25) is 0 Å². The van der Waals surface area contributed by atoms with Crippen LogP contribution in [0.3, 0.4) is 0 Å². The van der Waals surface area contributed by atoms with Crippen LogP contribution in [0, 0.1) is 0 Å². The number of carbonyl (C=O) groups excluding carboxylic acids is 1. The third kappa shape index (κ3) is 3.40. The lowest BCUT2D eigenvalue weighted by Gasteiger charge is -2.14. The van der Waals surface area contributed by atoms with Gasteiger partial charge in [0.1, 0.15) is 12.3 Å². The highest BCUT2D eigenvalue weighted by atomic mass is 16.7. The molecule has 0 amide bonds. The Labute approximate surface area is 129 Å². The van der Waals surface area contributed by atoms with Gasteiger partial charge >= 0.3 is 13.1 Å². The smallest absolute Gasteiger partial charge is 0.456 e. The van der Waals surface area contributed by atoms with Gasteiger partial charge in [0, 0.05) is 5.59 Å². The number of carbonyl (C=O) groups is 1. The monoisotopic (exact) mass is 299 g/mol. The van der Waals surface area contributed by atoms with Gasteiger partial charge in [0.25, 0.3) is 0 Å². The summed E-state index contributed by atoms with van der Waals surface area (Å²) in [5.74, 6) is -0.396. The van der Waals surface area contributed by atoms with Crippen LogP contribution in [-0.4, -0.2) is 30.3 Å². The minimum atomic E-state index is -0.467. The number of aromatic amines is 1. The van der Waals surface area contributed by atoms with E-state index in [0.29, 0.717) is 12.3 Å². The van der Waals surface area contributed by atoms with Crippen molar-refractivity contribution in [2.45, 2.75) is 26.1 Å². The number of ether oxygens (including phenoxy) is 1. The van der Waals surface area contributed by atoms with Gasteiger partial charge in [-0.2, -0.15) is 0 Å². The molecule has 1 N–H and O–H groups in total. The summed E-state index contributed by atoms with van der Waals surface area (Å²) < 4.78 is 16.6. The minimum Gasteiger partial charge on any atom is -0.456 e. The normalized spacial score (nSPS) is 16.7. The zero-order chi connectivity index (χ0) is 15.6. The van der Waals surface area contributed by atoms with Crippen molar-refractivity contribution < 1.29 is 18.8 Å². The number of aromatic nitrogens is 1. The first-order valence-corrected chi connectivity index (χ1v) is 7.23. The van der Waals surface area contributed by atoms with Crippen LogP contribution in [-0.2, 0) is 20.7 Å². The van der Waals surface area contributed by atoms with Gasteiger partial charge < -0.3 is 19.0 Å². The molecular formula is C16H18BNO4. The number of hydrogen-bond donors (Lipinski definition) is 1. The van der Waals surface area contributed by atoms with E-state index in [2.05, 4.69) is 4.98 Å². The Morgan fingerprint density at radius 3 is 2.73 bits per heavy atom. The molecule has 2 heterocycles. The molecule has 6 heteroatoms. The van der Waals surface area contributed by atoms with E-state index in [0.717, 1.165) is 11.2 Å². The van der Waals surface area contributed by atoms with E-state index in [1.165, 1.54) is 0 Å². The molecule has 0 bridgehead atoms. The Balaban J connectivity index is 1.60. The first kappa shape index (κ1) is 14.9. The Morgan fingerprint density at radius 2 is 2.05 bits per heavy atom. The lowest BCUT2D eigenvalue weighted by atomic mass is 9.85. The molecule has 5 nitrogen and oxygen atoms in total. The van der Waals surface area contributed by atoms with E-state index in [1.807, 2.05) is 44.2 Å². The molecule has 0 aliphatic carbocycles. The molecule has 22 heavy (non-hydrogen) atoms. The zero-order valence-electron chi connectivity index (χ0n) is 12.7. The maximum absolute atomic E-state index is 12.0. The lowest BCUT2D eigenvalue weighted by molar-refractivity contribution is 0.0467. The molecule has 1 aromatic carbocycles. The Bertz CT molecular complexity index is 653. The molecule has 0 radical (unpaired) electrons. The molecule has 3 rings (SSSR count). The maximum Gasteiger partial charge on any atom is 0.511 e. The molecule has 0 unspecified atom stereocenters. The van der Waals surface area contributed by atoms with Crippen LogP contribution in [0.15, 0.2) is 42.5 Å². The first-order valence-electron chi connectivity index (χ1n) is 7.23. The number of esters is 1. The maximum atomic E-state index is 12.0. The third-order valence-electron chi connectivity index (χ3n) is 3.40. The summed E-state index contributed by atoms with van der Waals surface area (Å²) in [5.41, 5.74) is 1.75. The van der Waals surface area contributed by atoms with E-state index in [-0.39, 0.29) is 12.2 Å². The van der Waals surface area contributed by atoms with Crippen molar-refractivity contribution in [1.82, 2.24) is 4.98 Å². The Morgan fingerprint density at radius 1 is 1.27 bits per heavy atom. The van der Waals surface area contributed by atoms with Crippen molar-refractivity contribution in [3.05, 3.63) is 53.7 Å². The summed E-state index contributed by atoms with van der Waals surface area (Å²) in [6, 6.07) is 13.0. The molecule has 1 aromatic heterocycles. The van der Waals surface area contributed by atoms with Crippen LogP contribution in [0.2, 0.25) is 0 Å². The average molecular weight is 299 g/mol. The van der Waals surface area contributed by atoms with Gasteiger partial charge in [-0.25, -0.2) is 4.79 Å². The lowest BCUT2D eigenvalue weighted by Crippen LogP contribution is -2.35. The van der Waals surface area contributed by atoms with Crippen molar-refractivity contribution in [2.24, 2.45) is 0 Å². The topological polar surface area (TPSA) is 60.5 Å². The summed E-state index contributed by atoms with van der Waals surface area (Å²) in [4.78, 5) is 15.0. The van der Waals surface area contributed by atoms with Crippen LogP contribution in [0.5, 0.6) is 0 Å². The highest BCUT2D eigenvalue weighted by molar-refractivity contribution is 6.61. The van der Waals surface area contributed by atoms with Crippen molar-refractivity contribution in [2.75, 3.05) is 6.61 Å². The SMILES string of the molecule is CC1(C)COB(c2ccc(C(=O)OCc3ccccc3)[nH]2)O1. The molecule has 0 saturated carbocycles. The molecule has 114 valence electrons. The highest BCUT2D eigenvalue weighted by Crippen LogP contribution is 2.19. The molecule has 0 spiro atoms. The van der Waals surface area contributed by atoms with Crippen molar-refractivity contribution >= 4 is 18.7 Å². The second kappa shape index (κ2) is 5.98. The molecular weight excluding hydrogens is 281 g/mol. The summed E-state index contributed by atoms with van der Waals surface area (Å²) in [6.45, 7) is 4.69. The molecule has 0 atom stereocenters. The Kier molecular flexibility index (Phi) is 4.05. The summed E-state index contributed by atoms with van der Waals surface area (Å²) in [5, 5.41) is 0. The number of nitrogens with one attached hydrogen (secondary N) is 1. The number of benzene rings is 1. The van der Waals surface area contributed by atoms with Gasteiger partial charge in [-0.05, 0) is 31.5 Å². The van der Waals surface area contributed by atoms with Crippen LogP contribution in [0.4, 0.5) is 0 Å². The van der Waals surface area contributed by atoms with Gasteiger partial charge in [0.15, 0.2) is 0 Å². The van der Waals surface area contributed by atoms with Crippen molar-refractivity contribution in [3.8, 4) is 0 Å². The van der Waals surface area contributed by atoms with Gasteiger partial charge in [-0.1, -0.05) is 30.3 Å². The molecule has 1 aliphatic heterocycles. The van der Waals surface area contributed by atoms with E-state index < -0.39 is 13.1 Å². The molecule has 1 aliphatic rings. The zero-order valence-corrected chi connectivity index (χ0v) is 12.7. The molecule has 2 aromatic rings. The van der Waals surface area contributed by atoms with Gasteiger partial charge in [0.05, 0.1) is 12.2 Å². The summed E-state index contributed by atoms with van der Waals surface area (Å²) >= 11 is 0. The Hall–Kier alpha value is -2.05. The first-order chi connectivity index (χ1) is 10.5. The van der Waals surface area contributed by atoms with Crippen LogP contribution in [0.25, 0.3) is 0 Å². The molecule has 1 saturated heterocycles. The van der Waals surface area contributed by atoms with Crippen LogP contribution < -0.4 is 5.59 Å². The fourth-order valence-electron chi connectivity index (χ4n) is 2.26. The van der Waals surface area contributed by atoms with Crippen molar-refractivity contribution in [3.63, 3.8) is 0 Å². The van der Waals surface area contributed by atoms with Gasteiger partial charge in [-0.15, -0.1) is 0 Å². The van der Waals surface area contributed by atoms with E-state index in [4.69, 9.17) is 14.0 Å². The second-order valence-electron chi connectivity index (χ2n) is 5.91. The second-order valence-corrected chi connectivity index (χ2v) is 5.91. The summed E-state index contributed by atoms with van der Waals surface area (Å²) in [6.07, 6.45) is 0. The van der Waals surface area contributed by atoms with E-state index in [1.54, 1.807) is 12.1 Å². The van der Waals surface area contributed by atoms with Crippen LogP contribution >= 0.6 is 0 Å². The van der Waals surface area contributed by atoms with Crippen LogP contribution in [0.1, 0.15) is 29.9 Å². The average Bonchev–Trinajstić information content (AvgIpc) is 3.12. The third-order valence-corrected chi connectivity index (χ3v) is 3.40. The highest BCUT2D eigenvalue weighted by Gasteiger charge is 2.39. The number of hydrogen-bond acceptors (Lipinski definition) is 4. The number of rotatable bonds is 4. The summed E-state index contributed by atoms with van der Waals surface area (Å²) in [7, 11) is -0.467. The fourth-order valence-corrected chi connectivity index (χ4v) is 2.26. The van der Waals surface area contributed by atoms with E-state index >= 15 is 0 Å². The van der Waals surface area contributed by atoms with E-state index in [9.17, 15) is 4.79 Å². The fraction of sp³-hybridized carbons (Fsp3) is 0.312. The van der Waals surface area contributed by atoms with Crippen molar-refractivity contribution in [1.29, 1.82) is 0 Å². The predicted molar refractivity (Wildman–Crippen MR) is 82.9 cm³/mol. The largest absolute Gasteiger partial charge is 0.511 e.